The molecule has 0 bridgehead atoms. The number of nitrogens with zero attached hydrogens (tertiary/aromatic N) is 1. The second-order valence-corrected chi connectivity index (χ2v) is 5.67. The molecule has 18 heavy (non-hydrogen) atoms. The number of aryl methyl sites for hydroxylation is 1. The van der Waals surface area contributed by atoms with E-state index in [1.54, 1.807) is 0 Å². The summed E-state index contributed by atoms with van der Waals surface area (Å²) in [5.74, 6) is 0.219. The number of nitrogens with one attached hydrogen (secondary N) is 1. The van der Waals surface area contributed by atoms with E-state index in [9.17, 15) is 4.79 Å². The molecule has 0 saturated carbocycles. The molecule has 4 heteroatoms. The van der Waals surface area contributed by atoms with Crippen LogP contribution in [0.2, 0.25) is 0 Å². The van der Waals surface area contributed by atoms with E-state index in [0.29, 0.717) is 6.42 Å². The molecule has 4 nitrogen and oxygen atoms in total. The van der Waals surface area contributed by atoms with Crippen LogP contribution in [0.3, 0.4) is 0 Å². The van der Waals surface area contributed by atoms with Crippen LogP contribution < -0.4 is 5.73 Å². The monoisotopic (exact) mass is 249 g/mol. The third-order valence-corrected chi connectivity index (χ3v) is 4.09. The van der Waals surface area contributed by atoms with Gasteiger partial charge < -0.3 is 15.6 Å². The van der Waals surface area contributed by atoms with Gasteiger partial charge in [0.1, 0.15) is 0 Å². The van der Waals surface area contributed by atoms with Crippen molar-refractivity contribution in [3.63, 3.8) is 0 Å². The minimum absolute atomic E-state index is 0.0856. The minimum atomic E-state index is -0.215. The Hall–Kier alpha value is -1.29. The van der Waals surface area contributed by atoms with Gasteiger partial charge in [-0.3, -0.25) is 4.79 Å². The van der Waals surface area contributed by atoms with Gasteiger partial charge in [0.05, 0.1) is 5.54 Å². The Morgan fingerprint density at radius 1 is 1.61 bits per heavy atom. The summed E-state index contributed by atoms with van der Waals surface area (Å²) >= 11 is 0. The first-order valence-corrected chi connectivity index (χ1v) is 6.69. The summed E-state index contributed by atoms with van der Waals surface area (Å²) in [5, 5.41) is 0. The average Bonchev–Trinajstić information content (AvgIpc) is 2.82. The molecule has 0 aliphatic carbocycles. The number of likely N-dealkylation sites (tertiary alicyclic amines) is 1. The predicted molar refractivity (Wildman–Crippen MR) is 72.1 cm³/mol. The summed E-state index contributed by atoms with van der Waals surface area (Å²) in [6, 6.07) is 2.10. The molecule has 1 saturated heterocycles. The second-order valence-electron chi connectivity index (χ2n) is 5.67. The van der Waals surface area contributed by atoms with Gasteiger partial charge in [0.15, 0.2) is 0 Å². The number of hydrogen-bond acceptors (Lipinski definition) is 2. The Morgan fingerprint density at radius 3 is 3.06 bits per heavy atom. The van der Waals surface area contributed by atoms with Crippen LogP contribution in [0.25, 0.3) is 0 Å². The van der Waals surface area contributed by atoms with Crippen molar-refractivity contribution in [2.75, 3.05) is 6.54 Å². The number of H-pyrrole nitrogens is 1. The Balaban J connectivity index is 1.95. The molecule has 1 aliphatic rings. The number of carbonyl (C=O) groups excluding carboxylic acids is 1. The molecule has 2 rings (SSSR count). The number of hydrogen-bond donors (Lipinski definition) is 2. The van der Waals surface area contributed by atoms with Crippen LogP contribution in [0, 0.1) is 0 Å². The van der Waals surface area contributed by atoms with Crippen molar-refractivity contribution in [2.45, 2.75) is 51.1 Å². The number of carbonyl (C=O) groups is 1. The number of aromatic nitrogens is 1. The third kappa shape index (κ3) is 2.58. The molecule has 1 unspecified atom stereocenters. The Kier molecular flexibility index (Phi) is 3.76. The zero-order valence-electron chi connectivity index (χ0n) is 11.3. The van der Waals surface area contributed by atoms with E-state index >= 15 is 0 Å². The maximum absolute atomic E-state index is 12.3. The highest BCUT2D eigenvalue weighted by Crippen LogP contribution is 2.27. The maximum Gasteiger partial charge on any atom is 0.223 e. The van der Waals surface area contributed by atoms with Crippen molar-refractivity contribution in [2.24, 2.45) is 5.73 Å². The lowest BCUT2D eigenvalue weighted by atomic mass is 9.85. The summed E-state index contributed by atoms with van der Waals surface area (Å²) in [6.45, 7) is 4.99. The van der Waals surface area contributed by atoms with Gasteiger partial charge in [-0.05, 0) is 44.7 Å². The first kappa shape index (κ1) is 13.1. The zero-order chi connectivity index (χ0) is 13.2. The van der Waals surface area contributed by atoms with E-state index in [0.717, 1.165) is 25.8 Å². The molecule has 0 aromatic carbocycles. The van der Waals surface area contributed by atoms with E-state index in [1.807, 2.05) is 23.4 Å². The summed E-state index contributed by atoms with van der Waals surface area (Å²) in [4.78, 5) is 17.3. The SMILES string of the molecule is CC1(C)C(N)CCCN1C(=O)CCc1cc[nH]c1. The molecule has 1 aromatic rings. The van der Waals surface area contributed by atoms with Crippen LogP contribution in [0.4, 0.5) is 0 Å². The van der Waals surface area contributed by atoms with Gasteiger partial charge in [-0.2, -0.15) is 0 Å². The van der Waals surface area contributed by atoms with E-state index in [-0.39, 0.29) is 17.5 Å². The summed E-state index contributed by atoms with van der Waals surface area (Å²) in [7, 11) is 0. The summed E-state index contributed by atoms with van der Waals surface area (Å²) in [5.41, 5.74) is 7.10. The largest absolute Gasteiger partial charge is 0.367 e. The summed E-state index contributed by atoms with van der Waals surface area (Å²) < 4.78 is 0. The zero-order valence-corrected chi connectivity index (χ0v) is 11.3. The van der Waals surface area contributed by atoms with E-state index in [2.05, 4.69) is 18.8 Å². The number of piperidine rings is 1. The van der Waals surface area contributed by atoms with Crippen molar-refractivity contribution in [1.29, 1.82) is 0 Å². The number of aromatic amines is 1. The van der Waals surface area contributed by atoms with Gasteiger partial charge >= 0.3 is 0 Å². The number of amides is 1. The van der Waals surface area contributed by atoms with Gasteiger partial charge in [0.2, 0.25) is 5.91 Å². The normalized spacial score (nSPS) is 23.1. The first-order valence-electron chi connectivity index (χ1n) is 6.69. The van der Waals surface area contributed by atoms with Crippen molar-refractivity contribution in [1.82, 2.24) is 9.88 Å². The molecule has 3 N–H and O–H groups in total. The highest BCUT2D eigenvalue weighted by Gasteiger charge is 2.38. The fourth-order valence-corrected chi connectivity index (χ4v) is 2.66. The van der Waals surface area contributed by atoms with Crippen LogP contribution in [0.1, 0.15) is 38.7 Å². The van der Waals surface area contributed by atoms with Crippen LogP contribution >= 0.6 is 0 Å². The van der Waals surface area contributed by atoms with E-state index in [1.165, 1.54) is 5.56 Å². The lowest BCUT2D eigenvalue weighted by Gasteiger charge is -2.46. The minimum Gasteiger partial charge on any atom is -0.367 e. The quantitative estimate of drug-likeness (QED) is 0.856. The van der Waals surface area contributed by atoms with Crippen LogP contribution in [0.5, 0.6) is 0 Å². The van der Waals surface area contributed by atoms with E-state index in [4.69, 9.17) is 5.73 Å². The Morgan fingerprint density at radius 2 is 2.39 bits per heavy atom. The summed E-state index contributed by atoms with van der Waals surface area (Å²) in [6.07, 6.45) is 7.22. The van der Waals surface area contributed by atoms with Crippen LogP contribution in [-0.2, 0) is 11.2 Å². The molecular formula is C14H23N3O. The van der Waals surface area contributed by atoms with Crippen molar-refractivity contribution < 1.29 is 4.79 Å². The molecular weight excluding hydrogens is 226 g/mol. The van der Waals surface area contributed by atoms with Gasteiger partial charge in [0.25, 0.3) is 0 Å². The van der Waals surface area contributed by atoms with Crippen LogP contribution in [0.15, 0.2) is 18.5 Å². The highest BCUT2D eigenvalue weighted by molar-refractivity contribution is 5.77. The Bertz CT molecular complexity index is 397. The molecule has 0 spiro atoms. The van der Waals surface area contributed by atoms with Crippen molar-refractivity contribution in [3.8, 4) is 0 Å². The molecule has 1 aromatic heterocycles. The Labute approximate surface area is 109 Å². The van der Waals surface area contributed by atoms with Gasteiger partial charge in [-0.25, -0.2) is 0 Å². The van der Waals surface area contributed by atoms with Crippen molar-refractivity contribution >= 4 is 5.91 Å². The molecule has 1 fully saturated rings. The number of nitrogens with two attached hydrogens (primary N) is 1. The van der Waals surface area contributed by atoms with Crippen LogP contribution in [-0.4, -0.2) is 33.9 Å². The standard InChI is InChI=1S/C14H23N3O/c1-14(2)12(15)4-3-9-17(14)13(18)6-5-11-7-8-16-10-11/h7-8,10,12,16H,3-6,9,15H2,1-2H3. The van der Waals surface area contributed by atoms with Crippen molar-refractivity contribution in [3.05, 3.63) is 24.0 Å². The average molecular weight is 249 g/mol. The van der Waals surface area contributed by atoms with Gasteiger partial charge in [0, 0.05) is 31.4 Å². The highest BCUT2D eigenvalue weighted by atomic mass is 16.2. The van der Waals surface area contributed by atoms with Gasteiger partial charge in [-0.1, -0.05) is 0 Å². The lowest BCUT2D eigenvalue weighted by Crippen LogP contribution is -2.61. The predicted octanol–water partition coefficient (Wildman–Crippen LogP) is 1.68. The molecule has 100 valence electrons. The number of rotatable bonds is 3. The fourth-order valence-electron chi connectivity index (χ4n) is 2.66. The second kappa shape index (κ2) is 5.14. The molecule has 0 radical (unpaired) electrons. The van der Waals surface area contributed by atoms with E-state index < -0.39 is 0 Å². The first-order chi connectivity index (χ1) is 8.51. The smallest absolute Gasteiger partial charge is 0.223 e. The molecule has 2 heterocycles. The molecule has 1 amide bonds. The maximum atomic E-state index is 12.3. The van der Waals surface area contributed by atoms with Gasteiger partial charge in [-0.15, -0.1) is 0 Å². The third-order valence-electron chi connectivity index (χ3n) is 4.09. The lowest BCUT2D eigenvalue weighted by molar-refractivity contribution is -0.139. The topological polar surface area (TPSA) is 62.1 Å². The molecule has 1 aliphatic heterocycles. The fraction of sp³-hybridized carbons (Fsp3) is 0.643. The molecule has 1 atom stereocenters.